The molecule has 0 radical (unpaired) electrons. The number of hydrogen-bond donors (Lipinski definition) is 4. The molecule has 0 aliphatic carbocycles. The Morgan fingerprint density at radius 3 is 2.47 bits per heavy atom. The summed E-state index contributed by atoms with van der Waals surface area (Å²) in [6.45, 7) is -0.869. The number of aromatic nitrogens is 1. The number of ether oxygens (including phenoxy) is 7. The maximum absolute atomic E-state index is 12.7. The molecule has 4 heterocycles. The van der Waals surface area contributed by atoms with Gasteiger partial charge in [-0.25, -0.2) is 4.79 Å². The van der Waals surface area contributed by atoms with Crippen molar-refractivity contribution in [1.82, 2.24) is 4.98 Å². The molecule has 262 valence electrons. The van der Waals surface area contributed by atoms with Crippen molar-refractivity contribution in [2.45, 2.75) is 74.3 Å². The van der Waals surface area contributed by atoms with Crippen LogP contribution in [0.1, 0.15) is 27.8 Å². The first-order valence-electron chi connectivity index (χ1n) is 15.2. The fourth-order valence-electron chi connectivity index (χ4n) is 5.66. The van der Waals surface area contributed by atoms with Crippen molar-refractivity contribution in [2.75, 3.05) is 13.2 Å². The second-order valence-electron chi connectivity index (χ2n) is 11.5. The molecule has 1 unspecified atom stereocenters. The van der Waals surface area contributed by atoms with E-state index >= 15 is 0 Å². The van der Waals surface area contributed by atoms with Crippen LogP contribution in [0.4, 0.5) is 5.69 Å². The number of nitro groups is 1. The van der Waals surface area contributed by atoms with Crippen LogP contribution in [0.5, 0.6) is 0 Å². The third-order valence-electron chi connectivity index (χ3n) is 8.23. The number of nitrogens with zero attached hydrogens (tertiary/aromatic N) is 2. The number of benzene rings is 2. The molecule has 0 saturated carbocycles. The zero-order valence-electron chi connectivity index (χ0n) is 25.5. The van der Waals surface area contributed by atoms with Crippen LogP contribution in [0.25, 0.3) is 0 Å². The molecule has 49 heavy (non-hydrogen) atoms. The number of esters is 1. The van der Waals surface area contributed by atoms with E-state index in [1.165, 1.54) is 42.7 Å². The Balaban J connectivity index is 1.16. The van der Waals surface area contributed by atoms with E-state index < -0.39 is 85.2 Å². The Morgan fingerprint density at radius 2 is 1.73 bits per heavy atom. The van der Waals surface area contributed by atoms with E-state index in [1.54, 1.807) is 24.3 Å². The minimum atomic E-state index is -1.77. The monoisotopic (exact) mass is 704 g/mol. The molecule has 3 saturated heterocycles. The SMILES string of the molecule is O=C(OC[C@H]1O[C@@H](OCc2ccc(Cl)c([N+](=O)[O-])c2)[C@H](O)[C@@H](O)[C@@H]1O[C@H]1O[C@@H]2COC(c3ccccc3)O[C@H]2[C@H](O)[C@H]1O)c1cccnc1. The first kappa shape index (κ1) is 35.2. The molecular formula is C32H33ClN2O14. The fraction of sp³-hybridized carbons (Fsp3) is 0.438. The average Bonchev–Trinajstić information content (AvgIpc) is 3.12. The molecule has 0 amide bonds. The van der Waals surface area contributed by atoms with E-state index in [4.69, 9.17) is 44.8 Å². The van der Waals surface area contributed by atoms with Crippen molar-refractivity contribution in [3.05, 3.63) is 105 Å². The molecule has 0 bridgehead atoms. The van der Waals surface area contributed by atoms with Gasteiger partial charge in [0.1, 0.15) is 60.5 Å². The molecule has 6 rings (SSSR count). The molecule has 0 spiro atoms. The summed E-state index contributed by atoms with van der Waals surface area (Å²) < 4.78 is 40.6. The van der Waals surface area contributed by atoms with Gasteiger partial charge in [-0.05, 0) is 23.8 Å². The topological polar surface area (TPSA) is 219 Å². The van der Waals surface area contributed by atoms with Gasteiger partial charge in [-0.3, -0.25) is 15.1 Å². The lowest BCUT2D eigenvalue weighted by Crippen LogP contribution is -2.66. The lowest BCUT2D eigenvalue weighted by Gasteiger charge is -2.48. The highest BCUT2D eigenvalue weighted by Crippen LogP contribution is 2.36. The van der Waals surface area contributed by atoms with Gasteiger partial charge in [0, 0.05) is 24.0 Å². The van der Waals surface area contributed by atoms with Crippen LogP contribution >= 0.6 is 11.6 Å². The van der Waals surface area contributed by atoms with Crippen LogP contribution in [-0.4, -0.2) is 111 Å². The summed E-state index contributed by atoms with van der Waals surface area (Å²) in [4.78, 5) is 27.3. The minimum Gasteiger partial charge on any atom is -0.459 e. The van der Waals surface area contributed by atoms with Crippen LogP contribution in [0.2, 0.25) is 5.02 Å². The van der Waals surface area contributed by atoms with Gasteiger partial charge in [0.15, 0.2) is 18.9 Å². The van der Waals surface area contributed by atoms with Crippen LogP contribution in [0.15, 0.2) is 73.1 Å². The summed E-state index contributed by atoms with van der Waals surface area (Å²) in [6, 6.07) is 16.0. The number of aliphatic hydroxyl groups is 4. The van der Waals surface area contributed by atoms with E-state index in [1.807, 2.05) is 6.07 Å². The van der Waals surface area contributed by atoms with Crippen molar-refractivity contribution in [3.8, 4) is 0 Å². The van der Waals surface area contributed by atoms with Crippen molar-refractivity contribution >= 4 is 23.3 Å². The van der Waals surface area contributed by atoms with Gasteiger partial charge in [-0.1, -0.05) is 48.0 Å². The number of carbonyl (C=O) groups excluding carboxylic acids is 1. The van der Waals surface area contributed by atoms with Crippen molar-refractivity contribution < 1.29 is 63.3 Å². The quantitative estimate of drug-likeness (QED) is 0.133. The van der Waals surface area contributed by atoms with Crippen LogP contribution in [0.3, 0.4) is 0 Å². The molecule has 3 aliphatic heterocycles. The number of aliphatic hydroxyl groups excluding tert-OH is 4. The predicted molar refractivity (Wildman–Crippen MR) is 164 cm³/mol. The standard InChI is InChI=1S/C32H33ClN2O14/c33-19-9-8-16(11-20(19)35(41)42)13-44-31-25(38)23(36)28(21(46-31)14-43-29(40)18-7-4-10-34-12-18)49-32-26(39)24(37)27-22(47-32)15-45-30(48-27)17-5-2-1-3-6-17/h1-12,21-28,30-32,36-39H,13-15H2/t21-,22-,23-,24-,25-,26-,27-,28-,30?,31-,32-/m1/s1. The summed E-state index contributed by atoms with van der Waals surface area (Å²) in [7, 11) is 0. The van der Waals surface area contributed by atoms with Crippen molar-refractivity contribution in [3.63, 3.8) is 0 Å². The van der Waals surface area contributed by atoms with Gasteiger partial charge in [-0.2, -0.15) is 0 Å². The highest BCUT2D eigenvalue weighted by Gasteiger charge is 2.53. The Hall–Kier alpha value is -3.65. The molecule has 3 aliphatic rings. The van der Waals surface area contributed by atoms with Gasteiger partial charge >= 0.3 is 5.97 Å². The molecule has 17 heteroatoms. The largest absolute Gasteiger partial charge is 0.459 e. The van der Waals surface area contributed by atoms with E-state index in [2.05, 4.69) is 4.98 Å². The first-order chi connectivity index (χ1) is 23.6. The van der Waals surface area contributed by atoms with Crippen LogP contribution in [0, 0.1) is 10.1 Å². The number of fused-ring (bicyclic) bond motifs is 1. The second-order valence-corrected chi connectivity index (χ2v) is 11.9. The third kappa shape index (κ3) is 7.90. The van der Waals surface area contributed by atoms with E-state index in [9.17, 15) is 35.3 Å². The predicted octanol–water partition coefficient (Wildman–Crippen LogP) is 1.41. The first-order valence-corrected chi connectivity index (χ1v) is 15.6. The molecule has 16 nitrogen and oxygen atoms in total. The Kier molecular flexibility index (Phi) is 11.1. The van der Waals surface area contributed by atoms with Crippen molar-refractivity contribution in [1.29, 1.82) is 0 Å². The Bertz CT molecular complexity index is 1590. The molecule has 11 atom stereocenters. The lowest BCUT2D eigenvalue weighted by atomic mass is 9.96. The summed E-state index contributed by atoms with van der Waals surface area (Å²) in [5.41, 5.74) is 0.779. The summed E-state index contributed by atoms with van der Waals surface area (Å²) in [5.74, 6) is -0.779. The van der Waals surface area contributed by atoms with Crippen LogP contribution < -0.4 is 0 Å². The smallest absolute Gasteiger partial charge is 0.339 e. The lowest BCUT2D eigenvalue weighted by molar-refractivity contribution is -0.386. The highest BCUT2D eigenvalue weighted by molar-refractivity contribution is 6.32. The average molecular weight is 705 g/mol. The zero-order valence-corrected chi connectivity index (χ0v) is 26.3. The Labute approximate surface area is 283 Å². The van der Waals surface area contributed by atoms with E-state index in [0.717, 1.165) is 0 Å². The van der Waals surface area contributed by atoms with Crippen molar-refractivity contribution in [2.24, 2.45) is 0 Å². The Morgan fingerprint density at radius 1 is 0.959 bits per heavy atom. The number of nitro benzene ring substituents is 1. The molecule has 2 aromatic carbocycles. The van der Waals surface area contributed by atoms with Crippen LogP contribution in [-0.2, 0) is 39.8 Å². The molecular weight excluding hydrogens is 672 g/mol. The molecule has 1 aromatic heterocycles. The number of halogens is 1. The number of hydrogen-bond acceptors (Lipinski definition) is 15. The molecule has 4 N–H and O–H groups in total. The van der Waals surface area contributed by atoms with Gasteiger partial charge in [-0.15, -0.1) is 0 Å². The van der Waals surface area contributed by atoms with Gasteiger partial charge in [0.25, 0.3) is 5.69 Å². The number of pyridine rings is 1. The number of rotatable bonds is 10. The highest BCUT2D eigenvalue weighted by atomic mass is 35.5. The summed E-state index contributed by atoms with van der Waals surface area (Å²) in [6.07, 6.45) is -12.6. The van der Waals surface area contributed by atoms with Gasteiger partial charge in [0.05, 0.1) is 23.7 Å². The summed E-state index contributed by atoms with van der Waals surface area (Å²) >= 11 is 5.89. The zero-order chi connectivity index (χ0) is 34.7. The number of carbonyl (C=O) groups is 1. The minimum absolute atomic E-state index is 0.0366. The van der Waals surface area contributed by atoms with Gasteiger partial charge in [0.2, 0.25) is 0 Å². The fourth-order valence-corrected chi connectivity index (χ4v) is 5.85. The van der Waals surface area contributed by atoms with E-state index in [0.29, 0.717) is 11.1 Å². The maximum atomic E-state index is 12.7. The molecule has 3 aromatic rings. The molecule has 3 fully saturated rings. The third-order valence-corrected chi connectivity index (χ3v) is 8.55. The van der Waals surface area contributed by atoms with Gasteiger partial charge < -0.3 is 53.6 Å². The summed E-state index contributed by atoms with van der Waals surface area (Å²) in [5, 5.41) is 55.5. The van der Waals surface area contributed by atoms with E-state index in [-0.39, 0.29) is 29.5 Å². The second kappa shape index (κ2) is 15.5. The normalized spacial score (nSPS) is 33.0. The maximum Gasteiger partial charge on any atom is 0.339 e.